The van der Waals surface area contributed by atoms with Crippen LogP contribution < -0.4 is 4.74 Å². The minimum absolute atomic E-state index is 0.213. The predicted molar refractivity (Wildman–Crippen MR) is 44.3 cm³/mol. The van der Waals surface area contributed by atoms with Gasteiger partial charge >= 0.3 is 6.36 Å². The summed E-state index contributed by atoms with van der Waals surface area (Å²) in [4.78, 5) is 0. The second kappa shape index (κ2) is 3.40. The average molecular weight is 206 g/mol. The maximum absolute atomic E-state index is 11.8. The van der Waals surface area contributed by atoms with Crippen molar-refractivity contribution < 1.29 is 23.0 Å². The molecule has 0 bridgehead atoms. The van der Waals surface area contributed by atoms with E-state index in [1.807, 2.05) is 0 Å². The van der Waals surface area contributed by atoms with E-state index in [1.54, 1.807) is 6.92 Å². The van der Waals surface area contributed by atoms with Gasteiger partial charge in [-0.05, 0) is 31.0 Å². The number of ether oxygens (including phenoxy) is 1. The van der Waals surface area contributed by atoms with E-state index in [-0.39, 0.29) is 11.5 Å². The molecule has 0 fully saturated rings. The highest BCUT2D eigenvalue weighted by Gasteiger charge is 2.31. The topological polar surface area (TPSA) is 29.5 Å². The third-order valence-electron chi connectivity index (χ3n) is 1.72. The molecule has 0 aromatic heterocycles. The van der Waals surface area contributed by atoms with Gasteiger partial charge in [0.2, 0.25) is 0 Å². The Morgan fingerprint density at radius 3 is 2.21 bits per heavy atom. The van der Waals surface area contributed by atoms with Crippen LogP contribution in [0.5, 0.6) is 11.5 Å². The van der Waals surface area contributed by atoms with E-state index >= 15 is 0 Å². The quantitative estimate of drug-likeness (QED) is 0.765. The first kappa shape index (κ1) is 10.7. The van der Waals surface area contributed by atoms with Gasteiger partial charge in [-0.25, -0.2) is 0 Å². The third-order valence-corrected chi connectivity index (χ3v) is 1.72. The number of hydrogen-bond donors (Lipinski definition) is 1. The maximum atomic E-state index is 11.8. The maximum Gasteiger partial charge on any atom is 0.573 e. The number of aryl methyl sites for hydroxylation is 2. The van der Waals surface area contributed by atoms with Crippen molar-refractivity contribution in [2.75, 3.05) is 0 Å². The van der Waals surface area contributed by atoms with Gasteiger partial charge in [-0.1, -0.05) is 0 Å². The molecule has 0 heterocycles. The summed E-state index contributed by atoms with van der Waals surface area (Å²) < 4.78 is 39.3. The molecule has 0 saturated carbocycles. The zero-order valence-electron chi connectivity index (χ0n) is 7.64. The Balaban J connectivity index is 3.04. The molecule has 1 aromatic carbocycles. The molecule has 1 aromatic rings. The summed E-state index contributed by atoms with van der Waals surface area (Å²) in [5.74, 6) is -0.588. The molecule has 1 rings (SSSR count). The molecule has 0 aliphatic carbocycles. The number of phenolic OH excluding ortho intramolecular Hbond substituents is 1. The Hall–Kier alpha value is -1.39. The lowest BCUT2D eigenvalue weighted by atomic mass is 10.1. The fourth-order valence-electron chi connectivity index (χ4n) is 1.06. The van der Waals surface area contributed by atoms with Gasteiger partial charge in [0.05, 0.1) is 0 Å². The van der Waals surface area contributed by atoms with Crippen LogP contribution in [0.25, 0.3) is 0 Å². The highest BCUT2D eigenvalue weighted by Crippen LogP contribution is 2.31. The summed E-state index contributed by atoms with van der Waals surface area (Å²) in [7, 11) is 0. The second-order valence-corrected chi connectivity index (χ2v) is 2.95. The van der Waals surface area contributed by atoms with E-state index < -0.39 is 6.36 Å². The van der Waals surface area contributed by atoms with Crippen molar-refractivity contribution in [1.29, 1.82) is 0 Å². The minimum Gasteiger partial charge on any atom is -0.508 e. The molecule has 1 N–H and O–H groups in total. The Morgan fingerprint density at radius 1 is 1.14 bits per heavy atom. The molecular formula is C9H9F3O2. The number of benzene rings is 1. The summed E-state index contributed by atoms with van der Waals surface area (Å²) in [6.45, 7) is 3.08. The van der Waals surface area contributed by atoms with Gasteiger partial charge in [-0.3, -0.25) is 0 Å². The second-order valence-electron chi connectivity index (χ2n) is 2.95. The fraction of sp³-hybridized carbons (Fsp3) is 0.333. The van der Waals surface area contributed by atoms with Gasteiger partial charge in [-0.2, -0.15) is 0 Å². The van der Waals surface area contributed by atoms with Crippen LogP contribution in [0.1, 0.15) is 11.1 Å². The van der Waals surface area contributed by atoms with Crippen molar-refractivity contribution in [3.8, 4) is 11.5 Å². The molecular weight excluding hydrogens is 197 g/mol. The first-order valence-corrected chi connectivity index (χ1v) is 3.85. The van der Waals surface area contributed by atoms with Crippen LogP contribution in [0.2, 0.25) is 0 Å². The molecule has 5 heteroatoms. The van der Waals surface area contributed by atoms with Crippen LogP contribution in [0, 0.1) is 13.8 Å². The molecule has 2 nitrogen and oxygen atoms in total. The molecule has 0 radical (unpaired) electrons. The van der Waals surface area contributed by atoms with E-state index in [2.05, 4.69) is 4.74 Å². The number of alkyl halides is 3. The van der Waals surface area contributed by atoms with Gasteiger partial charge in [0, 0.05) is 6.07 Å². The first-order chi connectivity index (χ1) is 6.29. The SMILES string of the molecule is Cc1cc(C)c(OC(F)(F)F)cc1O. The van der Waals surface area contributed by atoms with Crippen molar-refractivity contribution in [3.05, 3.63) is 23.3 Å². The van der Waals surface area contributed by atoms with Crippen molar-refractivity contribution >= 4 is 0 Å². The highest BCUT2D eigenvalue weighted by molar-refractivity contribution is 5.44. The Morgan fingerprint density at radius 2 is 1.71 bits per heavy atom. The van der Waals surface area contributed by atoms with E-state index in [4.69, 9.17) is 0 Å². The summed E-state index contributed by atoms with van der Waals surface area (Å²) in [6.07, 6.45) is -4.73. The molecule has 78 valence electrons. The van der Waals surface area contributed by atoms with Crippen molar-refractivity contribution in [2.24, 2.45) is 0 Å². The van der Waals surface area contributed by atoms with Crippen molar-refractivity contribution in [3.63, 3.8) is 0 Å². The van der Waals surface area contributed by atoms with Gasteiger partial charge in [0.25, 0.3) is 0 Å². The fourth-order valence-corrected chi connectivity index (χ4v) is 1.06. The van der Waals surface area contributed by atoms with Crippen molar-refractivity contribution in [2.45, 2.75) is 20.2 Å². The number of hydrogen-bond acceptors (Lipinski definition) is 2. The number of rotatable bonds is 1. The molecule has 0 aliphatic rings. The third kappa shape index (κ3) is 2.55. The number of aromatic hydroxyl groups is 1. The average Bonchev–Trinajstić information content (AvgIpc) is 1.97. The van der Waals surface area contributed by atoms with Gasteiger partial charge < -0.3 is 9.84 Å². The summed E-state index contributed by atoms with van der Waals surface area (Å²) in [6, 6.07) is 2.38. The molecule has 0 aliphatic heterocycles. The van der Waals surface area contributed by atoms with E-state index in [1.165, 1.54) is 13.0 Å². The Bertz CT molecular complexity index is 345. The lowest BCUT2D eigenvalue weighted by molar-refractivity contribution is -0.274. The van der Waals surface area contributed by atoms with Crippen LogP contribution >= 0.6 is 0 Å². The Labute approximate surface area is 78.9 Å². The highest BCUT2D eigenvalue weighted by atomic mass is 19.4. The van der Waals surface area contributed by atoms with E-state index in [9.17, 15) is 18.3 Å². The normalized spacial score (nSPS) is 11.5. The monoisotopic (exact) mass is 206 g/mol. The predicted octanol–water partition coefficient (Wildman–Crippen LogP) is 2.91. The number of phenols is 1. The molecule has 0 unspecified atom stereocenters. The van der Waals surface area contributed by atoms with Crippen LogP contribution in [0.4, 0.5) is 13.2 Å². The molecule has 0 spiro atoms. The van der Waals surface area contributed by atoms with Crippen LogP contribution in [-0.2, 0) is 0 Å². The molecule has 0 atom stereocenters. The summed E-state index contributed by atoms with van der Waals surface area (Å²) in [5.41, 5.74) is 0.842. The van der Waals surface area contributed by atoms with Crippen LogP contribution in [0.3, 0.4) is 0 Å². The largest absolute Gasteiger partial charge is 0.573 e. The van der Waals surface area contributed by atoms with Crippen molar-refractivity contribution in [1.82, 2.24) is 0 Å². The van der Waals surface area contributed by atoms with Crippen LogP contribution in [-0.4, -0.2) is 11.5 Å². The van der Waals surface area contributed by atoms with Gasteiger partial charge in [0.1, 0.15) is 11.5 Å². The molecule has 0 saturated heterocycles. The zero-order valence-corrected chi connectivity index (χ0v) is 7.64. The Kier molecular flexibility index (Phi) is 2.59. The number of halogens is 3. The zero-order chi connectivity index (χ0) is 10.9. The lowest BCUT2D eigenvalue weighted by Crippen LogP contribution is -2.17. The van der Waals surface area contributed by atoms with E-state index in [0.717, 1.165) is 6.07 Å². The standard InChI is InChI=1S/C9H9F3O2/c1-5-3-6(2)8(4-7(5)13)14-9(10,11)12/h3-4,13H,1-2H3. The smallest absolute Gasteiger partial charge is 0.508 e. The van der Waals surface area contributed by atoms with E-state index in [0.29, 0.717) is 11.1 Å². The molecule has 14 heavy (non-hydrogen) atoms. The summed E-state index contributed by atoms with van der Waals surface area (Å²) in [5, 5.41) is 9.17. The van der Waals surface area contributed by atoms with Crippen LogP contribution in [0.15, 0.2) is 12.1 Å². The van der Waals surface area contributed by atoms with Gasteiger partial charge in [-0.15, -0.1) is 13.2 Å². The first-order valence-electron chi connectivity index (χ1n) is 3.85. The summed E-state index contributed by atoms with van der Waals surface area (Å²) >= 11 is 0. The van der Waals surface area contributed by atoms with Gasteiger partial charge in [0.15, 0.2) is 0 Å². The minimum atomic E-state index is -4.73. The lowest BCUT2D eigenvalue weighted by Gasteiger charge is -2.12. The molecule has 0 amide bonds.